The Morgan fingerprint density at radius 2 is 1.92 bits per heavy atom. The van der Waals surface area contributed by atoms with Gasteiger partial charge in [0.25, 0.3) is 0 Å². The number of hydrogen-bond donors (Lipinski definition) is 2. The molecule has 6 nitrogen and oxygen atoms in total. The van der Waals surface area contributed by atoms with Crippen LogP contribution in [0.2, 0.25) is 0 Å². The second-order valence-corrected chi connectivity index (χ2v) is 5.92. The standard InChI is InChI=1S/C19H31N3O3/c1-3-5-11-23-12-6-10-21-19(20-4-2)22-16-8-9-17-18(15-16)25-14-7-13-24-17/h8-9,15H,3-7,10-14H2,1-2H3,(H2,20,21,22). The van der Waals surface area contributed by atoms with Crippen LogP contribution in [0.15, 0.2) is 23.2 Å². The van der Waals surface area contributed by atoms with Gasteiger partial charge in [-0.25, -0.2) is 0 Å². The van der Waals surface area contributed by atoms with Crippen LogP contribution in [0.4, 0.5) is 5.69 Å². The van der Waals surface area contributed by atoms with Crippen LogP contribution in [-0.2, 0) is 4.74 Å². The fraction of sp³-hybridized carbons (Fsp3) is 0.632. The molecule has 0 unspecified atom stereocenters. The molecule has 0 atom stereocenters. The van der Waals surface area contributed by atoms with Crippen molar-refractivity contribution in [1.29, 1.82) is 0 Å². The summed E-state index contributed by atoms with van der Waals surface area (Å²) in [6.45, 7) is 8.74. The lowest BCUT2D eigenvalue weighted by molar-refractivity contribution is 0.130. The van der Waals surface area contributed by atoms with E-state index in [1.807, 2.05) is 18.2 Å². The number of guanidine groups is 1. The molecule has 0 spiro atoms. The highest BCUT2D eigenvalue weighted by Gasteiger charge is 2.11. The molecule has 140 valence electrons. The molecule has 0 saturated carbocycles. The fourth-order valence-electron chi connectivity index (χ4n) is 2.39. The third-order valence-corrected chi connectivity index (χ3v) is 3.71. The zero-order chi connectivity index (χ0) is 17.7. The first kappa shape index (κ1) is 19.4. The van der Waals surface area contributed by atoms with Gasteiger partial charge in [0.2, 0.25) is 0 Å². The minimum absolute atomic E-state index is 0.683. The quantitative estimate of drug-likeness (QED) is 0.406. The molecule has 1 aromatic carbocycles. The fourth-order valence-corrected chi connectivity index (χ4v) is 2.39. The second kappa shape index (κ2) is 11.6. The maximum absolute atomic E-state index is 5.73. The molecule has 1 aromatic rings. The number of rotatable bonds is 9. The Morgan fingerprint density at radius 1 is 1.12 bits per heavy atom. The second-order valence-electron chi connectivity index (χ2n) is 5.92. The first-order valence-corrected chi connectivity index (χ1v) is 9.36. The van der Waals surface area contributed by atoms with Crippen molar-refractivity contribution in [1.82, 2.24) is 5.32 Å². The van der Waals surface area contributed by atoms with Crippen LogP contribution < -0.4 is 20.1 Å². The van der Waals surface area contributed by atoms with E-state index < -0.39 is 0 Å². The highest BCUT2D eigenvalue weighted by Crippen LogP contribution is 2.32. The van der Waals surface area contributed by atoms with Gasteiger partial charge in [-0.1, -0.05) is 13.3 Å². The van der Waals surface area contributed by atoms with Crippen LogP contribution in [0.5, 0.6) is 11.5 Å². The predicted molar refractivity (Wildman–Crippen MR) is 102 cm³/mol. The largest absolute Gasteiger partial charge is 0.490 e. The first-order valence-electron chi connectivity index (χ1n) is 9.36. The normalized spacial score (nSPS) is 14.1. The number of nitrogens with one attached hydrogen (secondary N) is 2. The Kier molecular flexibility index (Phi) is 8.97. The molecule has 0 bridgehead atoms. The Labute approximate surface area is 151 Å². The van der Waals surface area contributed by atoms with E-state index >= 15 is 0 Å². The lowest BCUT2D eigenvalue weighted by Gasteiger charge is -2.13. The van der Waals surface area contributed by atoms with Crippen LogP contribution in [0.25, 0.3) is 0 Å². The summed E-state index contributed by atoms with van der Waals surface area (Å²) in [4.78, 5) is 4.60. The Morgan fingerprint density at radius 3 is 2.72 bits per heavy atom. The van der Waals surface area contributed by atoms with Crippen molar-refractivity contribution in [2.24, 2.45) is 4.99 Å². The molecule has 1 aliphatic rings. The third kappa shape index (κ3) is 7.22. The van der Waals surface area contributed by atoms with Crippen molar-refractivity contribution in [3.63, 3.8) is 0 Å². The van der Waals surface area contributed by atoms with E-state index in [0.29, 0.717) is 13.2 Å². The summed E-state index contributed by atoms with van der Waals surface area (Å²) in [5.74, 6) is 2.35. The van der Waals surface area contributed by atoms with E-state index in [-0.39, 0.29) is 0 Å². The smallest absolute Gasteiger partial charge is 0.195 e. The number of unbranched alkanes of at least 4 members (excludes halogenated alkanes) is 1. The Hall–Kier alpha value is -1.95. The van der Waals surface area contributed by atoms with Gasteiger partial charge in [0, 0.05) is 44.5 Å². The molecular formula is C19H31N3O3. The monoisotopic (exact) mass is 349 g/mol. The maximum atomic E-state index is 5.73. The zero-order valence-corrected chi connectivity index (χ0v) is 15.5. The van der Waals surface area contributed by atoms with Gasteiger partial charge in [-0.15, -0.1) is 0 Å². The van der Waals surface area contributed by atoms with E-state index in [9.17, 15) is 0 Å². The van der Waals surface area contributed by atoms with Crippen molar-refractivity contribution in [3.8, 4) is 11.5 Å². The topological polar surface area (TPSA) is 64.1 Å². The van der Waals surface area contributed by atoms with Gasteiger partial charge in [-0.3, -0.25) is 4.99 Å². The minimum atomic E-state index is 0.683. The van der Waals surface area contributed by atoms with Crippen molar-refractivity contribution in [3.05, 3.63) is 18.2 Å². The number of aliphatic imine (C=N–C) groups is 1. The molecule has 25 heavy (non-hydrogen) atoms. The Balaban J connectivity index is 1.85. The van der Waals surface area contributed by atoms with Gasteiger partial charge >= 0.3 is 0 Å². The van der Waals surface area contributed by atoms with E-state index in [1.54, 1.807) is 0 Å². The molecule has 2 N–H and O–H groups in total. The maximum Gasteiger partial charge on any atom is 0.195 e. The van der Waals surface area contributed by atoms with Gasteiger partial charge in [-0.2, -0.15) is 0 Å². The van der Waals surface area contributed by atoms with Crippen LogP contribution >= 0.6 is 0 Å². The summed E-state index contributed by atoms with van der Waals surface area (Å²) in [5, 5.41) is 6.58. The van der Waals surface area contributed by atoms with Gasteiger partial charge < -0.3 is 24.8 Å². The SMILES string of the molecule is CCCCOCCCN=C(NCC)Nc1ccc2c(c1)OCCCO2. The number of nitrogens with zero attached hydrogens (tertiary/aromatic N) is 1. The molecule has 0 saturated heterocycles. The lowest BCUT2D eigenvalue weighted by atomic mass is 10.3. The molecule has 6 heteroatoms. The van der Waals surface area contributed by atoms with Gasteiger partial charge in [0.1, 0.15) is 0 Å². The van der Waals surface area contributed by atoms with Crippen molar-refractivity contribution >= 4 is 11.6 Å². The minimum Gasteiger partial charge on any atom is -0.490 e. The molecule has 0 aromatic heterocycles. The van der Waals surface area contributed by atoms with Crippen molar-refractivity contribution < 1.29 is 14.2 Å². The predicted octanol–water partition coefficient (Wildman–Crippen LogP) is 3.43. The number of fused-ring (bicyclic) bond motifs is 1. The summed E-state index contributed by atoms with van der Waals surface area (Å²) in [6.07, 6.45) is 4.11. The number of benzene rings is 1. The zero-order valence-electron chi connectivity index (χ0n) is 15.5. The van der Waals surface area contributed by atoms with Crippen LogP contribution in [0.3, 0.4) is 0 Å². The molecule has 0 aliphatic carbocycles. The summed E-state index contributed by atoms with van der Waals surface area (Å²) in [6, 6.07) is 5.88. The molecule has 0 radical (unpaired) electrons. The number of anilines is 1. The summed E-state index contributed by atoms with van der Waals surface area (Å²) in [5.41, 5.74) is 0.933. The number of ether oxygens (including phenoxy) is 3. The average molecular weight is 349 g/mol. The molecule has 2 rings (SSSR count). The molecule has 0 amide bonds. The van der Waals surface area contributed by atoms with Gasteiger partial charge in [0.05, 0.1) is 13.2 Å². The van der Waals surface area contributed by atoms with E-state index in [2.05, 4.69) is 29.5 Å². The Bertz CT molecular complexity index is 535. The van der Waals surface area contributed by atoms with Gasteiger partial charge in [0.15, 0.2) is 17.5 Å². The van der Waals surface area contributed by atoms with Crippen LogP contribution in [0.1, 0.15) is 39.5 Å². The summed E-state index contributed by atoms with van der Waals surface area (Å²) < 4.78 is 17.0. The molecule has 1 heterocycles. The lowest BCUT2D eigenvalue weighted by Crippen LogP contribution is -2.30. The summed E-state index contributed by atoms with van der Waals surface area (Å²) in [7, 11) is 0. The molecular weight excluding hydrogens is 318 g/mol. The van der Waals surface area contributed by atoms with Crippen LogP contribution in [0, 0.1) is 0 Å². The molecule has 0 fully saturated rings. The average Bonchev–Trinajstić information content (AvgIpc) is 2.86. The van der Waals surface area contributed by atoms with E-state index in [0.717, 1.165) is 68.7 Å². The van der Waals surface area contributed by atoms with Crippen LogP contribution in [-0.4, -0.2) is 45.5 Å². The van der Waals surface area contributed by atoms with E-state index in [4.69, 9.17) is 14.2 Å². The van der Waals surface area contributed by atoms with E-state index in [1.165, 1.54) is 6.42 Å². The van der Waals surface area contributed by atoms with Crippen molar-refractivity contribution in [2.45, 2.75) is 39.5 Å². The van der Waals surface area contributed by atoms with Crippen molar-refractivity contribution in [2.75, 3.05) is 44.8 Å². The highest BCUT2D eigenvalue weighted by molar-refractivity contribution is 5.93. The third-order valence-electron chi connectivity index (χ3n) is 3.71. The summed E-state index contributed by atoms with van der Waals surface area (Å²) >= 11 is 0. The number of hydrogen-bond acceptors (Lipinski definition) is 4. The van der Waals surface area contributed by atoms with Gasteiger partial charge in [-0.05, 0) is 31.9 Å². The first-order chi connectivity index (χ1) is 12.3. The molecule has 1 aliphatic heterocycles. The highest BCUT2D eigenvalue weighted by atomic mass is 16.5.